The Kier molecular flexibility index (Phi) is 3.37. The summed E-state index contributed by atoms with van der Waals surface area (Å²) in [5, 5.41) is 11.8. The molecule has 0 radical (unpaired) electrons. The molecule has 1 aromatic carbocycles. The van der Waals surface area contributed by atoms with E-state index in [0.717, 1.165) is 24.5 Å². The van der Waals surface area contributed by atoms with Gasteiger partial charge in [-0.05, 0) is 38.5 Å². The molecule has 0 saturated heterocycles. The van der Waals surface area contributed by atoms with E-state index >= 15 is 0 Å². The van der Waals surface area contributed by atoms with Gasteiger partial charge >= 0.3 is 0 Å². The lowest BCUT2D eigenvalue weighted by Gasteiger charge is -2.24. The molecule has 0 bridgehead atoms. The van der Waals surface area contributed by atoms with E-state index in [0.29, 0.717) is 23.1 Å². The maximum Gasteiger partial charge on any atom is 0.287 e. The molecule has 0 spiro atoms. The smallest absolute Gasteiger partial charge is 0.287 e. The number of aromatic nitrogens is 3. The van der Waals surface area contributed by atoms with E-state index < -0.39 is 0 Å². The zero-order valence-electron chi connectivity index (χ0n) is 13.5. The highest BCUT2D eigenvalue weighted by molar-refractivity contribution is 5.99. The van der Waals surface area contributed by atoms with Gasteiger partial charge in [0.1, 0.15) is 23.0 Å². The Morgan fingerprint density at radius 2 is 2.21 bits per heavy atom. The molecular weight excluding hydrogens is 311 g/mol. The Morgan fingerprint density at radius 1 is 1.38 bits per heavy atom. The van der Waals surface area contributed by atoms with E-state index in [1.54, 1.807) is 13.0 Å². The number of carbonyl (C=O) groups is 1. The highest BCUT2D eigenvalue weighted by atomic mass is 19.1. The molecule has 1 aliphatic rings. The Balaban J connectivity index is 1.57. The normalized spacial score (nSPS) is 17.0. The third-order valence-electron chi connectivity index (χ3n) is 4.57. The number of fused-ring (bicyclic) bond motifs is 2. The maximum atomic E-state index is 13.4. The topological polar surface area (TPSA) is 73.0 Å². The summed E-state index contributed by atoms with van der Waals surface area (Å²) >= 11 is 0. The van der Waals surface area contributed by atoms with Gasteiger partial charge in [0, 0.05) is 30.0 Å². The third-order valence-corrected chi connectivity index (χ3v) is 4.57. The molecule has 2 aromatic heterocycles. The van der Waals surface area contributed by atoms with Gasteiger partial charge in [0.25, 0.3) is 5.91 Å². The maximum absolute atomic E-state index is 13.4. The van der Waals surface area contributed by atoms with Crippen molar-refractivity contribution in [2.45, 2.75) is 39.3 Å². The number of aryl methyl sites for hydroxylation is 3. The van der Waals surface area contributed by atoms with Crippen LogP contribution < -0.4 is 5.32 Å². The summed E-state index contributed by atoms with van der Waals surface area (Å²) in [5.74, 6) is 1.42. The van der Waals surface area contributed by atoms with Gasteiger partial charge in [-0.1, -0.05) is 0 Å². The van der Waals surface area contributed by atoms with Crippen LogP contribution in [0.2, 0.25) is 0 Å². The van der Waals surface area contributed by atoms with Crippen molar-refractivity contribution in [2.75, 3.05) is 0 Å². The molecule has 4 rings (SSSR count). The second-order valence-electron chi connectivity index (χ2n) is 6.18. The van der Waals surface area contributed by atoms with Crippen molar-refractivity contribution < 1.29 is 13.6 Å². The number of benzene rings is 1. The lowest BCUT2D eigenvalue weighted by Crippen LogP contribution is -2.41. The van der Waals surface area contributed by atoms with E-state index in [1.807, 2.05) is 11.5 Å². The Hall–Kier alpha value is -2.70. The first-order valence-corrected chi connectivity index (χ1v) is 7.91. The number of nitrogens with one attached hydrogen (secondary N) is 1. The summed E-state index contributed by atoms with van der Waals surface area (Å²) in [6, 6.07) is 4.24. The molecule has 3 heterocycles. The van der Waals surface area contributed by atoms with Gasteiger partial charge in [-0.3, -0.25) is 4.79 Å². The van der Waals surface area contributed by atoms with Crippen LogP contribution in [0.1, 0.15) is 34.2 Å². The van der Waals surface area contributed by atoms with Crippen LogP contribution in [0.25, 0.3) is 11.0 Å². The van der Waals surface area contributed by atoms with E-state index in [1.165, 1.54) is 12.1 Å². The second-order valence-corrected chi connectivity index (χ2v) is 6.18. The molecule has 0 aliphatic carbocycles. The highest BCUT2D eigenvalue weighted by Crippen LogP contribution is 2.26. The Bertz CT molecular complexity index is 944. The van der Waals surface area contributed by atoms with Crippen molar-refractivity contribution in [3.05, 3.63) is 47.0 Å². The van der Waals surface area contributed by atoms with Crippen LogP contribution >= 0.6 is 0 Å². The molecule has 1 unspecified atom stereocenters. The lowest BCUT2D eigenvalue weighted by atomic mass is 10.1. The Labute approximate surface area is 137 Å². The van der Waals surface area contributed by atoms with E-state index in [9.17, 15) is 9.18 Å². The number of amides is 1. The minimum absolute atomic E-state index is 0.0101. The summed E-state index contributed by atoms with van der Waals surface area (Å²) in [6.45, 7) is 4.32. The van der Waals surface area contributed by atoms with Crippen molar-refractivity contribution in [3.8, 4) is 0 Å². The quantitative estimate of drug-likeness (QED) is 0.784. The SMILES string of the molecule is Cc1c(C(=O)NC2CCc3nnc(C)n3C2)oc2ccc(F)cc12. The second kappa shape index (κ2) is 5.43. The Morgan fingerprint density at radius 3 is 3.04 bits per heavy atom. The number of furan rings is 1. The number of carbonyl (C=O) groups excluding carboxylic acids is 1. The molecule has 1 N–H and O–H groups in total. The standard InChI is InChI=1S/C17H17FN4O2/c1-9-13-7-11(18)3-5-14(13)24-16(9)17(23)19-12-4-6-15-21-20-10(2)22(15)8-12/h3,5,7,12H,4,6,8H2,1-2H3,(H,19,23). The summed E-state index contributed by atoms with van der Waals surface area (Å²) in [7, 11) is 0. The highest BCUT2D eigenvalue weighted by Gasteiger charge is 2.25. The summed E-state index contributed by atoms with van der Waals surface area (Å²) in [4.78, 5) is 12.6. The van der Waals surface area contributed by atoms with Crippen molar-refractivity contribution in [2.24, 2.45) is 0 Å². The molecule has 24 heavy (non-hydrogen) atoms. The van der Waals surface area contributed by atoms with Crippen molar-refractivity contribution in [3.63, 3.8) is 0 Å². The first-order valence-electron chi connectivity index (χ1n) is 7.91. The van der Waals surface area contributed by atoms with Gasteiger partial charge in [0.2, 0.25) is 0 Å². The number of hydrogen-bond acceptors (Lipinski definition) is 4. The molecule has 1 atom stereocenters. The molecule has 1 aliphatic heterocycles. The molecule has 6 nitrogen and oxygen atoms in total. The van der Waals surface area contributed by atoms with Crippen LogP contribution in [0.4, 0.5) is 4.39 Å². The van der Waals surface area contributed by atoms with Crippen molar-refractivity contribution >= 4 is 16.9 Å². The average Bonchev–Trinajstić information content (AvgIpc) is 3.09. The average molecular weight is 328 g/mol. The fraction of sp³-hybridized carbons (Fsp3) is 0.353. The predicted molar refractivity (Wildman–Crippen MR) is 85.2 cm³/mol. The van der Waals surface area contributed by atoms with Crippen LogP contribution in [0, 0.1) is 19.7 Å². The first kappa shape index (κ1) is 14.9. The summed E-state index contributed by atoms with van der Waals surface area (Å²) < 4.78 is 21.0. The minimum atomic E-state index is -0.346. The predicted octanol–water partition coefficient (Wildman–Crippen LogP) is 2.53. The van der Waals surface area contributed by atoms with Gasteiger partial charge < -0.3 is 14.3 Å². The number of nitrogens with zero attached hydrogens (tertiary/aromatic N) is 3. The van der Waals surface area contributed by atoms with Crippen molar-refractivity contribution in [1.82, 2.24) is 20.1 Å². The van der Waals surface area contributed by atoms with Gasteiger partial charge in [0.05, 0.1) is 0 Å². The van der Waals surface area contributed by atoms with Crippen LogP contribution in [0.15, 0.2) is 22.6 Å². The monoisotopic (exact) mass is 328 g/mol. The zero-order chi connectivity index (χ0) is 16.8. The molecule has 0 saturated carbocycles. The van der Waals surface area contributed by atoms with Crippen LogP contribution in [-0.4, -0.2) is 26.7 Å². The first-order chi connectivity index (χ1) is 11.5. The van der Waals surface area contributed by atoms with Gasteiger partial charge in [-0.2, -0.15) is 0 Å². The molecule has 3 aromatic rings. The number of rotatable bonds is 2. The van der Waals surface area contributed by atoms with E-state index in [4.69, 9.17) is 4.42 Å². The summed E-state index contributed by atoms with van der Waals surface area (Å²) in [6.07, 6.45) is 1.58. The lowest BCUT2D eigenvalue weighted by molar-refractivity contribution is 0.0900. The van der Waals surface area contributed by atoms with Gasteiger partial charge in [0.15, 0.2) is 5.76 Å². The van der Waals surface area contributed by atoms with E-state index in [-0.39, 0.29) is 23.5 Å². The molecule has 124 valence electrons. The summed E-state index contributed by atoms with van der Waals surface area (Å²) in [5.41, 5.74) is 1.17. The fourth-order valence-corrected chi connectivity index (χ4v) is 3.24. The fourth-order valence-electron chi connectivity index (χ4n) is 3.24. The third kappa shape index (κ3) is 2.36. The van der Waals surface area contributed by atoms with Gasteiger partial charge in [-0.15, -0.1) is 10.2 Å². The molecular formula is C17H17FN4O2. The number of halogens is 1. The molecule has 7 heteroatoms. The van der Waals surface area contributed by atoms with Gasteiger partial charge in [-0.25, -0.2) is 4.39 Å². The number of hydrogen-bond donors (Lipinski definition) is 1. The molecule has 1 amide bonds. The van der Waals surface area contributed by atoms with Crippen molar-refractivity contribution in [1.29, 1.82) is 0 Å². The van der Waals surface area contributed by atoms with Crippen LogP contribution in [-0.2, 0) is 13.0 Å². The van der Waals surface area contributed by atoms with E-state index in [2.05, 4.69) is 15.5 Å². The zero-order valence-corrected chi connectivity index (χ0v) is 13.5. The van der Waals surface area contributed by atoms with Crippen LogP contribution in [0.3, 0.4) is 0 Å². The minimum Gasteiger partial charge on any atom is -0.451 e. The van der Waals surface area contributed by atoms with Crippen LogP contribution in [0.5, 0.6) is 0 Å². The molecule has 0 fully saturated rings. The largest absolute Gasteiger partial charge is 0.451 e.